The Morgan fingerprint density at radius 2 is 1.92 bits per heavy atom. The summed E-state index contributed by atoms with van der Waals surface area (Å²) >= 11 is 0. The minimum Gasteiger partial charge on any atom is -0.494 e. The van der Waals surface area contributed by atoms with Gasteiger partial charge in [0.1, 0.15) is 23.6 Å². The molecule has 0 radical (unpaired) electrons. The van der Waals surface area contributed by atoms with Crippen LogP contribution >= 0.6 is 0 Å². The first-order chi connectivity index (χ1) is 17.9. The third-order valence-corrected chi connectivity index (χ3v) is 5.75. The van der Waals surface area contributed by atoms with Crippen LogP contribution in [0.2, 0.25) is 0 Å². The van der Waals surface area contributed by atoms with E-state index in [0.29, 0.717) is 60.2 Å². The molecule has 2 aromatic heterocycles. The topological polar surface area (TPSA) is 138 Å². The fourth-order valence-electron chi connectivity index (χ4n) is 4.06. The summed E-state index contributed by atoms with van der Waals surface area (Å²) in [7, 11) is 1.55. The molecule has 2 amide bonds. The molecule has 0 aliphatic rings. The SMILES string of the molecule is CCn1nc(C)cc1C(=O)Nc1nc2cc(N)cc(OC)c2n1CCCNC(=O)OCc1ccccc1. The largest absolute Gasteiger partial charge is 0.494 e. The molecule has 4 N–H and O–H groups in total. The molecule has 0 atom stereocenters. The van der Waals surface area contributed by atoms with Gasteiger partial charge >= 0.3 is 6.09 Å². The zero-order valence-corrected chi connectivity index (χ0v) is 21.2. The van der Waals surface area contributed by atoms with E-state index in [2.05, 4.69) is 20.7 Å². The standard InChI is InChI=1S/C26H31N7O4/c1-4-33-21(13-17(2)31-33)24(34)30-25-29-20-14-19(27)15-22(36-3)23(20)32(25)12-8-11-28-26(35)37-16-18-9-6-5-7-10-18/h5-7,9-10,13-15H,4,8,11-12,16,27H2,1-3H3,(H,28,35)(H,29,30,34). The summed E-state index contributed by atoms with van der Waals surface area (Å²) in [6, 6.07) is 14.6. The van der Waals surface area contributed by atoms with Gasteiger partial charge in [0.15, 0.2) is 0 Å². The number of fused-ring (bicyclic) bond motifs is 1. The van der Waals surface area contributed by atoms with Crippen LogP contribution in [0.15, 0.2) is 48.5 Å². The number of nitrogens with one attached hydrogen (secondary N) is 2. The molecule has 11 nitrogen and oxygen atoms in total. The van der Waals surface area contributed by atoms with Gasteiger partial charge < -0.3 is 25.1 Å². The maximum Gasteiger partial charge on any atom is 0.407 e. The predicted molar refractivity (Wildman–Crippen MR) is 141 cm³/mol. The Bertz CT molecular complexity index is 1400. The molecule has 0 fully saturated rings. The average molecular weight is 506 g/mol. The first kappa shape index (κ1) is 25.5. The van der Waals surface area contributed by atoms with Crippen molar-refractivity contribution in [1.29, 1.82) is 0 Å². The molecule has 0 aliphatic carbocycles. The van der Waals surface area contributed by atoms with E-state index in [-0.39, 0.29) is 12.5 Å². The Morgan fingerprint density at radius 3 is 2.65 bits per heavy atom. The number of aromatic nitrogens is 4. The van der Waals surface area contributed by atoms with Gasteiger partial charge in [-0.05, 0) is 38.0 Å². The van der Waals surface area contributed by atoms with Crippen LogP contribution < -0.4 is 21.1 Å². The minimum absolute atomic E-state index is 0.196. The highest BCUT2D eigenvalue weighted by molar-refractivity contribution is 6.03. The number of hydrogen-bond acceptors (Lipinski definition) is 7. The number of methoxy groups -OCH3 is 1. The van der Waals surface area contributed by atoms with Crippen molar-refractivity contribution in [3.63, 3.8) is 0 Å². The lowest BCUT2D eigenvalue weighted by Crippen LogP contribution is -2.26. The van der Waals surface area contributed by atoms with Crippen molar-refractivity contribution >= 4 is 34.7 Å². The monoisotopic (exact) mass is 505 g/mol. The Morgan fingerprint density at radius 1 is 1.14 bits per heavy atom. The molecular weight excluding hydrogens is 474 g/mol. The summed E-state index contributed by atoms with van der Waals surface area (Å²) in [6.45, 7) is 5.32. The molecule has 0 bridgehead atoms. The summed E-state index contributed by atoms with van der Waals surface area (Å²) in [5.41, 5.74) is 9.90. The number of ether oxygens (including phenoxy) is 2. The Hall–Kier alpha value is -4.54. The summed E-state index contributed by atoms with van der Waals surface area (Å²) < 4.78 is 14.3. The lowest BCUT2D eigenvalue weighted by atomic mass is 10.2. The minimum atomic E-state index is -0.499. The van der Waals surface area contributed by atoms with Crippen molar-refractivity contribution in [2.75, 3.05) is 24.7 Å². The zero-order chi connectivity index (χ0) is 26.4. The van der Waals surface area contributed by atoms with Crippen LogP contribution in [0.1, 0.15) is 35.1 Å². The van der Waals surface area contributed by atoms with Gasteiger partial charge in [0.2, 0.25) is 5.95 Å². The maximum atomic E-state index is 13.1. The average Bonchev–Trinajstić information content (AvgIpc) is 3.44. The number of hydrogen-bond donors (Lipinski definition) is 3. The number of carbonyl (C=O) groups excluding carboxylic acids is 2. The Kier molecular flexibility index (Phi) is 7.92. The van der Waals surface area contributed by atoms with E-state index < -0.39 is 6.09 Å². The first-order valence-corrected chi connectivity index (χ1v) is 12.0. The number of nitrogens with zero attached hydrogens (tertiary/aromatic N) is 4. The number of amides is 2. The Balaban J connectivity index is 1.48. The molecule has 4 aromatic rings. The molecule has 194 valence electrons. The molecule has 11 heteroatoms. The fourth-order valence-corrected chi connectivity index (χ4v) is 4.06. The van der Waals surface area contributed by atoms with E-state index in [9.17, 15) is 9.59 Å². The number of nitrogens with two attached hydrogens (primary N) is 1. The van der Waals surface area contributed by atoms with Crippen molar-refractivity contribution in [3.05, 3.63) is 65.5 Å². The summed E-state index contributed by atoms with van der Waals surface area (Å²) in [6.07, 6.45) is 0.0512. The summed E-state index contributed by atoms with van der Waals surface area (Å²) in [4.78, 5) is 29.8. The molecule has 0 spiro atoms. The number of alkyl carbamates (subject to hydrolysis) is 1. The third kappa shape index (κ3) is 6.00. The van der Waals surface area contributed by atoms with E-state index in [4.69, 9.17) is 15.2 Å². The van der Waals surface area contributed by atoms with Crippen LogP contribution in [-0.2, 0) is 24.4 Å². The van der Waals surface area contributed by atoms with E-state index in [0.717, 1.165) is 11.3 Å². The van der Waals surface area contributed by atoms with Gasteiger partial charge in [-0.3, -0.25) is 14.8 Å². The molecule has 0 aliphatic heterocycles. The molecular formula is C26H31N7O4. The summed E-state index contributed by atoms with van der Waals surface area (Å²) in [5, 5.41) is 10.0. The molecule has 37 heavy (non-hydrogen) atoms. The normalized spacial score (nSPS) is 10.9. The molecule has 0 saturated carbocycles. The first-order valence-electron chi connectivity index (χ1n) is 12.0. The van der Waals surface area contributed by atoms with Crippen molar-refractivity contribution < 1.29 is 19.1 Å². The second-order valence-corrected chi connectivity index (χ2v) is 8.46. The highest BCUT2D eigenvalue weighted by atomic mass is 16.5. The second kappa shape index (κ2) is 11.5. The number of imidazole rings is 1. The molecule has 4 rings (SSSR count). The lowest BCUT2D eigenvalue weighted by Gasteiger charge is -2.13. The zero-order valence-electron chi connectivity index (χ0n) is 21.2. The van der Waals surface area contributed by atoms with E-state index in [1.807, 2.05) is 48.7 Å². The maximum absolute atomic E-state index is 13.1. The number of carbonyl (C=O) groups is 2. The highest BCUT2D eigenvalue weighted by Crippen LogP contribution is 2.32. The van der Waals surface area contributed by atoms with Gasteiger partial charge in [0.25, 0.3) is 5.91 Å². The van der Waals surface area contributed by atoms with Crippen LogP contribution in [0.25, 0.3) is 11.0 Å². The molecule has 2 aromatic carbocycles. The van der Waals surface area contributed by atoms with Crippen molar-refractivity contribution in [1.82, 2.24) is 24.6 Å². The number of nitrogen functional groups attached to an aromatic ring is 1. The van der Waals surface area contributed by atoms with Gasteiger partial charge in [-0.25, -0.2) is 9.78 Å². The number of rotatable bonds is 10. The van der Waals surface area contributed by atoms with Crippen molar-refractivity contribution in [2.45, 2.75) is 40.0 Å². The Labute approximate surface area is 214 Å². The summed E-state index contributed by atoms with van der Waals surface area (Å²) in [5.74, 6) is 0.554. The van der Waals surface area contributed by atoms with Gasteiger partial charge in [-0.15, -0.1) is 0 Å². The van der Waals surface area contributed by atoms with Crippen LogP contribution in [0.5, 0.6) is 5.75 Å². The fraction of sp³-hybridized carbons (Fsp3) is 0.308. The van der Waals surface area contributed by atoms with Gasteiger partial charge in [-0.2, -0.15) is 5.10 Å². The molecule has 0 saturated heterocycles. The van der Waals surface area contributed by atoms with Crippen LogP contribution in [0, 0.1) is 6.92 Å². The number of anilines is 2. The van der Waals surface area contributed by atoms with Crippen LogP contribution in [-0.4, -0.2) is 45.0 Å². The quantitative estimate of drug-likeness (QED) is 0.221. The number of aryl methyl sites for hydroxylation is 3. The highest BCUT2D eigenvalue weighted by Gasteiger charge is 2.20. The van der Waals surface area contributed by atoms with Gasteiger partial charge in [0.05, 0.1) is 18.3 Å². The smallest absolute Gasteiger partial charge is 0.407 e. The second-order valence-electron chi connectivity index (χ2n) is 8.46. The van der Waals surface area contributed by atoms with Gasteiger partial charge in [-0.1, -0.05) is 30.3 Å². The van der Waals surface area contributed by atoms with Crippen LogP contribution in [0.4, 0.5) is 16.4 Å². The lowest BCUT2D eigenvalue weighted by molar-refractivity contribution is 0.101. The van der Waals surface area contributed by atoms with E-state index in [1.54, 1.807) is 30.0 Å². The van der Waals surface area contributed by atoms with Crippen molar-refractivity contribution in [2.24, 2.45) is 0 Å². The van der Waals surface area contributed by atoms with Crippen LogP contribution in [0.3, 0.4) is 0 Å². The predicted octanol–water partition coefficient (Wildman–Crippen LogP) is 3.72. The van der Waals surface area contributed by atoms with Crippen molar-refractivity contribution in [3.8, 4) is 5.75 Å². The third-order valence-electron chi connectivity index (χ3n) is 5.75. The number of benzene rings is 2. The molecule has 0 unspecified atom stereocenters. The van der Waals surface area contributed by atoms with Gasteiger partial charge in [0, 0.05) is 31.4 Å². The molecule has 2 heterocycles. The van der Waals surface area contributed by atoms with E-state index >= 15 is 0 Å². The van der Waals surface area contributed by atoms with E-state index in [1.165, 1.54) is 0 Å².